The third kappa shape index (κ3) is 5.07. The van der Waals surface area contributed by atoms with Gasteiger partial charge in [0.15, 0.2) is 6.04 Å². The first-order valence-corrected chi connectivity index (χ1v) is 8.37. The predicted octanol–water partition coefficient (Wildman–Crippen LogP) is 2.61. The lowest BCUT2D eigenvalue weighted by atomic mass is 10.0. The largest absolute Gasteiger partial charge is 0.497 e. The molecule has 0 saturated heterocycles. The van der Waals surface area contributed by atoms with Crippen LogP contribution in [-0.2, 0) is 4.79 Å². The van der Waals surface area contributed by atoms with E-state index in [1.54, 1.807) is 31.4 Å². The zero-order chi connectivity index (χ0) is 18.2. The fourth-order valence-electron chi connectivity index (χ4n) is 2.69. The molecule has 0 unspecified atom stereocenters. The molecular weight excluding hydrogens is 314 g/mol. The molecule has 0 bridgehead atoms. The van der Waals surface area contributed by atoms with Crippen LogP contribution in [0, 0.1) is 11.3 Å². The molecule has 1 amide bonds. The van der Waals surface area contributed by atoms with Crippen molar-refractivity contribution in [2.24, 2.45) is 0 Å². The number of hydrogen-bond acceptors (Lipinski definition) is 3. The van der Waals surface area contributed by atoms with Gasteiger partial charge in [-0.15, -0.1) is 0 Å². The van der Waals surface area contributed by atoms with Gasteiger partial charge in [0.2, 0.25) is 0 Å². The molecular formula is C20H24N3O2+. The topological polar surface area (TPSA) is 78.7 Å². The van der Waals surface area contributed by atoms with Gasteiger partial charge in [-0.25, -0.2) is 0 Å². The summed E-state index contributed by atoms with van der Waals surface area (Å²) in [6.45, 7) is 3.99. The van der Waals surface area contributed by atoms with Crippen LogP contribution in [0.15, 0.2) is 48.5 Å². The van der Waals surface area contributed by atoms with E-state index in [2.05, 4.69) is 23.6 Å². The van der Waals surface area contributed by atoms with E-state index < -0.39 is 0 Å². The molecule has 0 fully saturated rings. The number of methoxy groups -OCH3 is 1. The van der Waals surface area contributed by atoms with Crippen LogP contribution < -0.4 is 15.4 Å². The van der Waals surface area contributed by atoms with Crippen LogP contribution in [0.25, 0.3) is 0 Å². The number of nitrogens with zero attached hydrogens (tertiary/aromatic N) is 1. The number of carbonyl (C=O) groups excluding carboxylic acids is 1. The summed E-state index contributed by atoms with van der Waals surface area (Å²) < 4.78 is 5.19. The quantitative estimate of drug-likeness (QED) is 0.814. The van der Waals surface area contributed by atoms with Gasteiger partial charge in [0.25, 0.3) is 5.91 Å². The summed E-state index contributed by atoms with van der Waals surface area (Å²) in [7, 11) is 1.64. The number of anilines is 1. The molecule has 5 nitrogen and oxygen atoms in total. The van der Waals surface area contributed by atoms with E-state index in [0.717, 1.165) is 17.7 Å². The number of hydrogen-bond donors (Lipinski definition) is 2. The highest BCUT2D eigenvalue weighted by molar-refractivity contribution is 5.93. The van der Waals surface area contributed by atoms with Gasteiger partial charge in [0, 0.05) is 17.7 Å². The Balaban J connectivity index is 2.01. The summed E-state index contributed by atoms with van der Waals surface area (Å²) in [5.74, 6) is 0.740. The number of nitrogens with two attached hydrogens (primary N) is 1. The molecule has 2 atom stereocenters. The van der Waals surface area contributed by atoms with Gasteiger partial charge >= 0.3 is 0 Å². The third-order valence-electron chi connectivity index (χ3n) is 4.18. The second-order valence-corrected chi connectivity index (χ2v) is 5.95. The van der Waals surface area contributed by atoms with E-state index in [1.165, 1.54) is 0 Å². The van der Waals surface area contributed by atoms with Gasteiger partial charge in [-0.1, -0.05) is 13.0 Å². The highest BCUT2D eigenvalue weighted by Crippen LogP contribution is 2.17. The van der Waals surface area contributed by atoms with Crippen molar-refractivity contribution in [3.05, 3.63) is 59.7 Å². The molecule has 0 aromatic heterocycles. The highest BCUT2D eigenvalue weighted by Gasteiger charge is 2.22. The molecule has 0 aliphatic heterocycles. The molecule has 0 radical (unpaired) electrons. The number of amides is 1. The Morgan fingerprint density at radius 1 is 1.28 bits per heavy atom. The third-order valence-corrected chi connectivity index (χ3v) is 4.18. The van der Waals surface area contributed by atoms with E-state index >= 15 is 0 Å². The number of quaternary nitrogens is 1. The van der Waals surface area contributed by atoms with Crippen molar-refractivity contribution in [1.29, 1.82) is 5.26 Å². The maximum absolute atomic E-state index is 12.4. The number of benzene rings is 2. The van der Waals surface area contributed by atoms with Crippen LogP contribution in [0.3, 0.4) is 0 Å². The van der Waals surface area contributed by atoms with Gasteiger partial charge in [0.05, 0.1) is 18.7 Å². The number of nitrogens with one attached hydrogen (secondary N) is 1. The van der Waals surface area contributed by atoms with Crippen molar-refractivity contribution < 1.29 is 14.8 Å². The first-order chi connectivity index (χ1) is 12.1. The molecule has 2 aromatic carbocycles. The monoisotopic (exact) mass is 338 g/mol. The Morgan fingerprint density at radius 3 is 2.60 bits per heavy atom. The smallest absolute Gasteiger partial charge is 0.282 e. The summed E-state index contributed by atoms with van der Waals surface area (Å²) in [5.41, 5.74) is 2.33. The van der Waals surface area contributed by atoms with E-state index in [9.17, 15) is 4.79 Å². The highest BCUT2D eigenvalue weighted by atomic mass is 16.5. The van der Waals surface area contributed by atoms with Crippen molar-refractivity contribution in [2.45, 2.75) is 32.4 Å². The van der Waals surface area contributed by atoms with Gasteiger partial charge in [-0.3, -0.25) is 4.79 Å². The minimum atomic E-state index is -0.252. The average Bonchev–Trinajstić information content (AvgIpc) is 2.66. The lowest BCUT2D eigenvalue weighted by Crippen LogP contribution is -2.92. The Hall–Kier alpha value is -2.84. The molecule has 0 heterocycles. The van der Waals surface area contributed by atoms with Crippen LogP contribution in [0.5, 0.6) is 5.75 Å². The van der Waals surface area contributed by atoms with Crippen LogP contribution in [-0.4, -0.2) is 19.1 Å². The van der Waals surface area contributed by atoms with E-state index in [-0.39, 0.29) is 18.0 Å². The van der Waals surface area contributed by atoms with Gasteiger partial charge < -0.3 is 15.4 Å². The minimum absolute atomic E-state index is 0.0814. The summed E-state index contributed by atoms with van der Waals surface area (Å²) in [6.07, 6.45) is 0.911. The number of ether oxygens (including phenoxy) is 1. The summed E-state index contributed by atoms with van der Waals surface area (Å²) in [4.78, 5) is 12.4. The maximum atomic E-state index is 12.4. The Morgan fingerprint density at radius 2 is 2.00 bits per heavy atom. The molecule has 3 N–H and O–H groups in total. The van der Waals surface area contributed by atoms with Crippen molar-refractivity contribution >= 4 is 11.6 Å². The lowest BCUT2D eigenvalue weighted by Gasteiger charge is -2.19. The predicted molar refractivity (Wildman–Crippen MR) is 97.2 cm³/mol. The lowest BCUT2D eigenvalue weighted by molar-refractivity contribution is -0.713. The molecule has 2 aromatic rings. The molecule has 130 valence electrons. The number of rotatable bonds is 7. The van der Waals surface area contributed by atoms with E-state index in [1.807, 2.05) is 31.2 Å². The normalized spacial score (nSPS) is 12.7. The number of nitriles is 1. The van der Waals surface area contributed by atoms with Crippen LogP contribution in [0.2, 0.25) is 0 Å². The molecule has 25 heavy (non-hydrogen) atoms. The van der Waals surface area contributed by atoms with Gasteiger partial charge in [-0.2, -0.15) is 5.26 Å². The van der Waals surface area contributed by atoms with E-state index in [0.29, 0.717) is 11.3 Å². The first kappa shape index (κ1) is 18.5. The van der Waals surface area contributed by atoms with Crippen LogP contribution >= 0.6 is 0 Å². The minimum Gasteiger partial charge on any atom is -0.497 e. The van der Waals surface area contributed by atoms with Crippen LogP contribution in [0.4, 0.5) is 5.69 Å². The standard InChI is InChI=1S/C20H23N3O2/c1-4-19(16-8-10-18(25-3)11-9-16)22-14(2)20(24)23-17-7-5-6-15(12-17)13-21/h5-12,14,19,22H,4H2,1-3H3,(H,23,24)/p+1/t14-,19-/m0/s1. The van der Waals surface area contributed by atoms with Crippen LogP contribution in [0.1, 0.15) is 37.4 Å². The van der Waals surface area contributed by atoms with Crippen molar-refractivity contribution in [2.75, 3.05) is 12.4 Å². The molecule has 0 aliphatic rings. The fourth-order valence-corrected chi connectivity index (χ4v) is 2.69. The van der Waals surface area contributed by atoms with Crippen molar-refractivity contribution in [3.63, 3.8) is 0 Å². The van der Waals surface area contributed by atoms with Gasteiger partial charge in [-0.05, 0) is 49.4 Å². The van der Waals surface area contributed by atoms with Crippen molar-refractivity contribution in [1.82, 2.24) is 0 Å². The Bertz CT molecular complexity index is 750. The number of carbonyl (C=O) groups is 1. The second-order valence-electron chi connectivity index (χ2n) is 5.95. The fraction of sp³-hybridized carbons (Fsp3) is 0.300. The van der Waals surface area contributed by atoms with E-state index in [4.69, 9.17) is 10.00 Å². The van der Waals surface area contributed by atoms with Crippen molar-refractivity contribution in [3.8, 4) is 11.8 Å². The average molecular weight is 338 g/mol. The second kappa shape index (κ2) is 8.86. The molecule has 0 aliphatic carbocycles. The zero-order valence-electron chi connectivity index (χ0n) is 14.8. The van der Waals surface area contributed by atoms with Gasteiger partial charge in [0.1, 0.15) is 11.8 Å². The summed E-state index contributed by atoms with van der Waals surface area (Å²) in [5, 5.41) is 13.9. The first-order valence-electron chi connectivity index (χ1n) is 8.37. The molecule has 0 saturated carbocycles. The Labute approximate surface area is 148 Å². The zero-order valence-corrected chi connectivity index (χ0v) is 14.8. The maximum Gasteiger partial charge on any atom is 0.282 e. The Kier molecular flexibility index (Phi) is 6.55. The SMILES string of the molecule is CC[C@H]([NH2+][C@@H](C)C(=O)Nc1cccc(C#N)c1)c1ccc(OC)cc1. The molecule has 5 heteroatoms. The summed E-state index contributed by atoms with van der Waals surface area (Å²) >= 11 is 0. The summed E-state index contributed by atoms with van der Waals surface area (Å²) in [6, 6.07) is 16.9. The molecule has 2 rings (SSSR count). The molecule has 0 spiro atoms.